The summed E-state index contributed by atoms with van der Waals surface area (Å²) in [5.74, 6) is 0. The van der Waals surface area contributed by atoms with E-state index in [1.807, 2.05) is 0 Å². The van der Waals surface area contributed by atoms with E-state index in [1.54, 1.807) is 14.2 Å². The lowest BCUT2D eigenvalue weighted by atomic mass is 10.1. The van der Waals surface area contributed by atoms with Gasteiger partial charge in [0.2, 0.25) is 0 Å². The molecule has 0 spiro atoms. The molecule has 0 aromatic rings. The van der Waals surface area contributed by atoms with Crippen LogP contribution in [0.15, 0.2) is 23.8 Å². The van der Waals surface area contributed by atoms with Crippen molar-refractivity contribution >= 4 is 0 Å². The highest BCUT2D eigenvalue weighted by Crippen LogP contribution is 2.14. The zero-order chi connectivity index (χ0) is 12.3. The SMILES string of the molecule is COCCN(CCCC1=CCC=C1)CCOC. The summed E-state index contributed by atoms with van der Waals surface area (Å²) < 4.78 is 10.3. The molecule has 1 rings (SSSR count). The van der Waals surface area contributed by atoms with Crippen molar-refractivity contribution in [3.05, 3.63) is 23.8 Å². The van der Waals surface area contributed by atoms with Crippen molar-refractivity contribution < 1.29 is 9.47 Å². The van der Waals surface area contributed by atoms with Gasteiger partial charge in [-0.25, -0.2) is 0 Å². The molecule has 1 aliphatic rings. The molecule has 0 atom stereocenters. The highest BCUT2D eigenvalue weighted by atomic mass is 16.5. The average molecular weight is 239 g/mol. The Hall–Kier alpha value is -0.640. The lowest BCUT2D eigenvalue weighted by molar-refractivity contribution is 0.113. The van der Waals surface area contributed by atoms with Crippen molar-refractivity contribution in [2.45, 2.75) is 19.3 Å². The number of hydrogen-bond donors (Lipinski definition) is 0. The molecular weight excluding hydrogens is 214 g/mol. The van der Waals surface area contributed by atoms with Crippen molar-refractivity contribution in [3.63, 3.8) is 0 Å². The molecule has 98 valence electrons. The number of hydrogen-bond acceptors (Lipinski definition) is 3. The summed E-state index contributed by atoms with van der Waals surface area (Å²) in [5, 5.41) is 0. The van der Waals surface area contributed by atoms with Gasteiger partial charge in [-0.2, -0.15) is 0 Å². The van der Waals surface area contributed by atoms with Crippen molar-refractivity contribution in [2.75, 3.05) is 47.1 Å². The Morgan fingerprint density at radius 1 is 1.12 bits per heavy atom. The fourth-order valence-corrected chi connectivity index (χ4v) is 1.98. The first-order valence-corrected chi connectivity index (χ1v) is 6.42. The van der Waals surface area contributed by atoms with Crippen molar-refractivity contribution in [1.82, 2.24) is 4.90 Å². The van der Waals surface area contributed by atoms with Gasteiger partial charge in [-0.15, -0.1) is 0 Å². The number of nitrogens with zero attached hydrogens (tertiary/aromatic N) is 1. The molecular formula is C14H25NO2. The van der Waals surface area contributed by atoms with Crippen LogP contribution in [0, 0.1) is 0 Å². The summed E-state index contributed by atoms with van der Waals surface area (Å²) in [7, 11) is 3.51. The van der Waals surface area contributed by atoms with Crippen LogP contribution in [0.1, 0.15) is 19.3 Å². The third-order valence-electron chi connectivity index (χ3n) is 3.01. The Labute approximate surface area is 105 Å². The standard InChI is InChI=1S/C14H25NO2/c1-16-12-10-15(11-13-17-2)9-5-8-14-6-3-4-7-14/h3,6-7H,4-5,8-13H2,1-2H3. The van der Waals surface area contributed by atoms with Crippen LogP contribution >= 0.6 is 0 Å². The second-order valence-corrected chi connectivity index (χ2v) is 4.35. The summed E-state index contributed by atoms with van der Waals surface area (Å²) >= 11 is 0. The third-order valence-corrected chi connectivity index (χ3v) is 3.01. The fraction of sp³-hybridized carbons (Fsp3) is 0.714. The number of allylic oxidation sites excluding steroid dienone is 4. The van der Waals surface area contributed by atoms with Crippen LogP contribution in [-0.4, -0.2) is 52.0 Å². The van der Waals surface area contributed by atoms with E-state index in [-0.39, 0.29) is 0 Å². The first-order valence-electron chi connectivity index (χ1n) is 6.42. The Morgan fingerprint density at radius 2 is 1.82 bits per heavy atom. The summed E-state index contributed by atoms with van der Waals surface area (Å²) in [5.41, 5.74) is 1.49. The molecule has 3 nitrogen and oxygen atoms in total. The minimum Gasteiger partial charge on any atom is -0.383 e. The van der Waals surface area contributed by atoms with Gasteiger partial charge in [-0.1, -0.05) is 23.8 Å². The van der Waals surface area contributed by atoms with Crippen LogP contribution in [-0.2, 0) is 9.47 Å². The molecule has 0 amide bonds. The van der Waals surface area contributed by atoms with Crippen molar-refractivity contribution in [2.24, 2.45) is 0 Å². The second-order valence-electron chi connectivity index (χ2n) is 4.35. The van der Waals surface area contributed by atoms with E-state index in [4.69, 9.17) is 9.47 Å². The van der Waals surface area contributed by atoms with E-state index in [0.29, 0.717) is 0 Å². The van der Waals surface area contributed by atoms with Gasteiger partial charge in [0.05, 0.1) is 13.2 Å². The van der Waals surface area contributed by atoms with Crippen LogP contribution in [0.4, 0.5) is 0 Å². The van der Waals surface area contributed by atoms with E-state index in [2.05, 4.69) is 23.1 Å². The van der Waals surface area contributed by atoms with Crippen LogP contribution in [0.5, 0.6) is 0 Å². The molecule has 0 fully saturated rings. The highest BCUT2D eigenvalue weighted by Gasteiger charge is 2.05. The maximum absolute atomic E-state index is 5.13. The summed E-state index contributed by atoms with van der Waals surface area (Å²) in [6, 6.07) is 0. The first-order chi connectivity index (χ1) is 8.36. The normalized spacial score (nSPS) is 14.6. The molecule has 0 unspecified atom stereocenters. The van der Waals surface area contributed by atoms with Crippen LogP contribution in [0.25, 0.3) is 0 Å². The van der Waals surface area contributed by atoms with Crippen LogP contribution < -0.4 is 0 Å². The molecule has 3 heteroatoms. The third kappa shape index (κ3) is 6.61. The minimum atomic E-state index is 0.798. The topological polar surface area (TPSA) is 21.7 Å². The molecule has 0 saturated carbocycles. The van der Waals surface area contributed by atoms with Gasteiger partial charge in [-0.05, 0) is 25.8 Å². The lowest BCUT2D eigenvalue weighted by Crippen LogP contribution is -2.31. The highest BCUT2D eigenvalue weighted by molar-refractivity contribution is 5.25. The van der Waals surface area contributed by atoms with Crippen molar-refractivity contribution in [3.8, 4) is 0 Å². The monoisotopic (exact) mass is 239 g/mol. The van der Waals surface area contributed by atoms with Gasteiger partial charge in [0.1, 0.15) is 0 Å². The second kappa shape index (κ2) is 9.40. The van der Waals surface area contributed by atoms with Gasteiger partial charge in [0.15, 0.2) is 0 Å². The molecule has 0 aliphatic heterocycles. The quantitative estimate of drug-likeness (QED) is 0.583. The molecule has 1 aliphatic carbocycles. The van der Waals surface area contributed by atoms with Gasteiger partial charge in [-0.3, -0.25) is 4.90 Å². The Bertz CT molecular complexity index is 241. The minimum absolute atomic E-state index is 0.798. The zero-order valence-electron chi connectivity index (χ0n) is 11.2. The molecule has 0 heterocycles. The van der Waals surface area contributed by atoms with Crippen LogP contribution in [0.2, 0.25) is 0 Å². The van der Waals surface area contributed by atoms with Gasteiger partial charge >= 0.3 is 0 Å². The van der Waals surface area contributed by atoms with E-state index in [9.17, 15) is 0 Å². The van der Waals surface area contributed by atoms with Gasteiger partial charge in [0, 0.05) is 27.3 Å². The van der Waals surface area contributed by atoms with E-state index in [0.717, 1.165) is 39.3 Å². The van der Waals surface area contributed by atoms with Gasteiger partial charge in [0.25, 0.3) is 0 Å². The lowest BCUT2D eigenvalue weighted by Gasteiger charge is -2.21. The van der Waals surface area contributed by atoms with E-state index >= 15 is 0 Å². The summed E-state index contributed by atoms with van der Waals surface area (Å²) in [4.78, 5) is 2.41. The molecule has 0 saturated heterocycles. The Kier molecular flexibility index (Phi) is 7.97. The summed E-state index contributed by atoms with van der Waals surface area (Å²) in [6.07, 6.45) is 10.3. The van der Waals surface area contributed by atoms with E-state index < -0.39 is 0 Å². The predicted octanol–water partition coefficient (Wildman–Crippen LogP) is 2.25. The maximum atomic E-state index is 5.13. The number of rotatable bonds is 10. The zero-order valence-corrected chi connectivity index (χ0v) is 11.2. The number of ether oxygens (including phenoxy) is 2. The van der Waals surface area contributed by atoms with Crippen molar-refractivity contribution in [1.29, 1.82) is 0 Å². The van der Waals surface area contributed by atoms with Gasteiger partial charge < -0.3 is 9.47 Å². The Balaban J connectivity index is 2.14. The largest absolute Gasteiger partial charge is 0.383 e. The molecule has 17 heavy (non-hydrogen) atoms. The molecule has 0 bridgehead atoms. The van der Waals surface area contributed by atoms with Crippen LogP contribution in [0.3, 0.4) is 0 Å². The molecule has 0 aromatic heterocycles. The average Bonchev–Trinajstić information content (AvgIpc) is 2.85. The molecule has 0 aromatic carbocycles. The smallest absolute Gasteiger partial charge is 0.0589 e. The molecule has 0 N–H and O–H groups in total. The summed E-state index contributed by atoms with van der Waals surface area (Å²) in [6.45, 7) is 4.71. The first kappa shape index (κ1) is 14.4. The van der Waals surface area contributed by atoms with E-state index in [1.165, 1.54) is 18.4 Å². The fourth-order valence-electron chi connectivity index (χ4n) is 1.98. The molecule has 0 radical (unpaired) electrons. The predicted molar refractivity (Wildman–Crippen MR) is 71.3 cm³/mol. The maximum Gasteiger partial charge on any atom is 0.0589 e. The number of methoxy groups -OCH3 is 2. The Morgan fingerprint density at radius 3 is 2.35 bits per heavy atom.